The number of nitrogens with zero attached hydrogens (tertiary/aromatic N) is 1. The van der Waals surface area contributed by atoms with Crippen molar-refractivity contribution in [2.24, 2.45) is 17.8 Å². The highest BCUT2D eigenvalue weighted by atomic mass is 28.4. The first-order chi connectivity index (χ1) is 39.0. The van der Waals surface area contributed by atoms with Crippen LogP contribution in [0, 0.1) is 17.8 Å². The Morgan fingerprint density at radius 1 is 0.643 bits per heavy atom. The second-order valence-electron chi connectivity index (χ2n) is 30.9. The van der Waals surface area contributed by atoms with E-state index in [0.717, 1.165) is 36.8 Å². The van der Waals surface area contributed by atoms with E-state index in [-0.39, 0.29) is 113 Å². The van der Waals surface area contributed by atoms with Crippen LogP contribution in [-0.2, 0) is 46.5 Å². The number of aliphatic hydroxyl groups excluding tert-OH is 1. The molecule has 14 nitrogen and oxygen atoms in total. The lowest BCUT2D eigenvalue weighted by atomic mass is 9.80. The summed E-state index contributed by atoms with van der Waals surface area (Å²) in [6.07, 6.45) is 5.12. The van der Waals surface area contributed by atoms with E-state index in [9.17, 15) is 14.7 Å². The first-order valence-corrected chi connectivity index (χ1v) is 40.7. The summed E-state index contributed by atoms with van der Waals surface area (Å²) in [7, 11) is -5.67. The van der Waals surface area contributed by atoms with Crippen LogP contribution < -0.4 is 0 Å². The molecule has 0 spiro atoms. The van der Waals surface area contributed by atoms with Crippen LogP contribution in [0.1, 0.15) is 174 Å². The van der Waals surface area contributed by atoms with Crippen molar-refractivity contribution in [1.29, 1.82) is 0 Å². The highest BCUT2D eigenvalue weighted by Gasteiger charge is 2.56. The quantitative estimate of drug-likeness (QED) is 0.127. The lowest BCUT2D eigenvalue weighted by Crippen LogP contribution is -2.64. The Morgan fingerprint density at radius 3 is 1.85 bits per heavy atom. The van der Waals surface area contributed by atoms with Crippen LogP contribution in [0.4, 0.5) is 0 Å². The number of benzene rings is 1. The summed E-state index contributed by atoms with van der Waals surface area (Å²) >= 11 is 0. The average molecular weight is 1220 g/mol. The van der Waals surface area contributed by atoms with Gasteiger partial charge in [0.05, 0.1) is 103 Å². The zero-order valence-corrected chi connectivity index (χ0v) is 57.8. The maximum absolute atomic E-state index is 15.1. The number of Topliss-reactive ketones (excluding diaryl/α,β-unsaturated/α-hetero) is 1. The molecule has 0 saturated carbocycles. The molecule has 0 radical (unpaired) electrons. The van der Waals surface area contributed by atoms with E-state index in [2.05, 4.69) is 135 Å². The van der Waals surface area contributed by atoms with Crippen molar-refractivity contribution < 1.29 is 61.2 Å². The normalized spacial score (nSPS) is 36.3. The number of carbonyl (C=O) groups excluding carboxylic acids is 3. The maximum atomic E-state index is 15.1. The minimum absolute atomic E-state index is 0.0534. The highest BCUT2D eigenvalue weighted by Crippen LogP contribution is 2.48. The van der Waals surface area contributed by atoms with E-state index in [1.165, 1.54) is 4.90 Å². The van der Waals surface area contributed by atoms with Gasteiger partial charge in [0.2, 0.25) is 0 Å². The fraction of sp³-hybridized carbons (Fsp3) is 0.776. The molecule has 9 aliphatic rings. The van der Waals surface area contributed by atoms with E-state index >= 15 is 4.79 Å². The summed E-state index contributed by atoms with van der Waals surface area (Å²) in [5.74, 6) is -0.899. The molecule has 5 fully saturated rings. The second-order valence-corrected chi connectivity index (χ2v) is 45.2. The fourth-order valence-corrected chi connectivity index (χ4v) is 17.3. The number of hydrogen-bond donors (Lipinski definition) is 1. The monoisotopic (exact) mass is 1220 g/mol. The Kier molecular flexibility index (Phi) is 21.0. The lowest BCUT2D eigenvalue weighted by Gasteiger charge is -2.54. The largest absolute Gasteiger partial charge is 0.412 e. The van der Waals surface area contributed by atoms with E-state index in [1.54, 1.807) is 31.4 Å². The van der Waals surface area contributed by atoms with Crippen molar-refractivity contribution in [2.45, 2.75) is 299 Å². The lowest BCUT2D eigenvalue weighted by molar-refractivity contribution is -0.251. The number of ether oxygens (including phenoxy) is 6. The molecule has 9 heterocycles. The minimum Gasteiger partial charge on any atom is -0.412 e. The van der Waals surface area contributed by atoms with Gasteiger partial charge in [0.1, 0.15) is 11.9 Å². The third kappa shape index (κ3) is 15.0. The highest BCUT2D eigenvalue weighted by molar-refractivity contribution is 6.75. The second kappa shape index (κ2) is 26.1. The molecule has 84 heavy (non-hydrogen) atoms. The van der Waals surface area contributed by atoms with E-state index in [4.69, 9.17) is 41.7 Å². The van der Waals surface area contributed by atoms with Crippen molar-refractivity contribution in [2.75, 3.05) is 13.7 Å². The summed E-state index contributed by atoms with van der Waals surface area (Å²) in [4.78, 5) is 44.4. The number of ketones is 1. The molecule has 10 rings (SSSR count). The van der Waals surface area contributed by atoms with Gasteiger partial charge in [-0.1, -0.05) is 114 Å². The Labute approximate surface area is 508 Å². The average Bonchev–Trinajstić information content (AvgIpc) is 1.93. The van der Waals surface area contributed by atoms with E-state index in [0.29, 0.717) is 49.7 Å². The number of hydrogen-bond acceptors (Lipinski definition) is 13. The third-order valence-corrected chi connectivity index (χ3v) is 35.1. The van der Waals surface area contributed by atoms with Gasteiger partial charge in [0.15, 0.2) is 25.0 Å². The summed E-state index contributed by atoms with van der Waals surface area (Å²) < 4.78 is 64.2. The van der Waals surface area contributed by atoms with Gasteiger partial charge in [-0.15, -0.1) is 0 Å². The Hall–Kier alpha value is -2.50. The van der Waals surface area contributed by atoms with Gasteiger partial charge in [0.25, 0.3) is 11.8 Å². The van der Waals surface area contributed by atoms with Gasteiger partial charge < -0.3 is 46.8 Å². The number of methoxy groups -OCH3 is 1. The Balaban J connectivity index is 1.12. The molecule has 472 valence electrons. The number of imide groups is 1. The smallest absolute Gasteiger partial charge is 0.261 e. The number of carbonyl (C=O) groups is 3. The molecule has 2 amide bonds. The topological polar surface area (TPSA) is 158 Å². The van der Waals surface area contributed by atoms with Crippen molar-refractivity contribution in [3.63, 3.8) is 0 Å². The van der Waals surface area contributed by atoms with Crippen LogP contribution in [0.5, 0.6) is 0 Å². The van der Waals surface area contributed by atoms with Gasteiger partial charge in [0, 0.05) is 44.6 Å². The van der Waals surface area contributed by atoms with Crippen LogP contribution in [0.2, 0.25) is 54.4 Å². The van der Waals surface area contributed by atoms with Crippen LogP contribution in [0.25, 0.3) is 0 Å². The van der Waals surface area contributed by atoms with Gasteiger partial charge in [-0.3, -0.25) is 19.3 Å². The van der Waals surface area contributed by atoms with Crippen molar-refractivity contribution in [3.05, 3.63) is 71.8 Å². The first-order valence-electron chi connectivity index (χ1n) is 32.0. The zero-order valence-electron chi connectivity index (χ0n) is 54.8. The number of amides is 2. The van der Waals surface area contributed by atoms with Crippen LogP contribution in [0.3, 0.4) is 0 Å². The van der Waals surface area contributed by atoms with Crippen LogP contribution in [-0.4, -0.2) is 158 Å². The van der Waals surface area contributed by atoms with Crippen LogP contribution in [0.15, 0.2) is 60.7 Å². The summed E-state index contributed by atoms with van der Waals surface area (Å²) in [5, 5.41) is 11.4. The maximum Gasteiger partial charge on any atom is 0.261 e. The Bertz CT molecular complexity index is 2510. The van der Waals surface area contributed by atoms with Crippen LogP contribution >= 0.6 is 0 Å². The van der Waals surface area contributed by atoms with Crippen molar-refractivity contribution >= 4 is 42.5 Å². The third-order valence-electron chi connectivity index (χ3n) is 21.6. The van der Waals surface area contributed by atoms with Gasteiger partial charge in [-0.25, -0.2) is 0 Å². The zero-order chi connectivity index (χ0) is 61.8. The van der Waals surface area contributed by atoms with Gasteiger partial charge in [-0.2, -0.15) is 0 Å². The molecule has 0 aliphatic carbocycles. The molecule has 17 heteroatoms. The number of aliphatic hydroxyl groups is 1. The molecular formula is C67H109NO13Si3. The molecule has 1 N–H and O–H groups in total. The summed E-state index contributed by atoms with van der Waals surface area (Å²) in [6.45, 7) is 47.2. The predicted octanol–water partition coefficient (Wildman–Crippen LogP) is 13.5. The number of fused-ring (bicyclic) bond motifs is 3. The molecule has 9 aliphatic heterocycles. The number of rotatable bonds is 11. The molecule has 18 atom stereocenters. The van der Waals surface area contributed by atoms with Crippen molar-refractivity contribution in [1.82, 2.24) is 4.90 Å². The van der Waals surface area contributed by atoms with E-state index < -0.39 is 73.8 Å². The molecule has 0 aromatic heterocycles. The minimum atomic E-state index is -2.51. The fourth-order valence-electron chi connectivity index (χ4n) is 13.3. The standard InChI is InChI=1S/C67H109NO13Si3/c1-40-33-47-28-31-53-41(2)34-46(74-53)27-25-44(69)26-30-55(80-83(17,18)66(8,9)10)62-60(81-84(19,20)67(11,12)13)43(4)59-54(78-62)32-29-48(76-59)35-45(70)36-52-57(38-56(75-47)42(40)3)77-58(61(52)73-14)37-49(79-82(15,16)65(5,6)7)39-68-63(71)50-23-21-22-24-51(50)64(68)72/h21-24,26,30,40,43-44,46-49,52-62,69H,2-3,25,27-29,31-39H2,1,4-20H3/b30-26+/t40-,43+,44?,46+,47+,48?,49+,52+,53?,54+,55+,56?,57+,58?,59-,60+,61-,62?/m1/s1. The Morgan fingerprint density at radius 2 is 1.23 bits per heavy atom. The molecule has 8 bridgehead atoms. The SMILES string of the molecule is C=C1C[C@@H]2CCC(O)/C=C/[C@H](O[Si](C)(C)C(C)(C)C)C3O[C@H]4CCC(CC(=O)C[C@H]5[C@H](CC6O[C@@H](CCC1O2)C[C@@H](C)C6=C)OC(C[C@@H](CN1C(=O)c2ccccc2C1=O)O[Si](C)(C)C(C)(C)C)[C@@H]5OC)O[C@@H]4[C@H](C)[C@@H]3O[Si](C)(C)C(C)(C)C. The molecule has 1 aromatic carbocycles. The summed E-state index contributed by atoms with van der Waals surface area (Å²) in [6, 6.07) is 6.98. The molecule has 6 unspecified atom stereocenters. The predicted molar refractivity (Wildman–Crippen MR) is 338 cm³/mol. The molecular weight excluding hydrogens is 1110 g/mol. The molecule has 5 saturated heterocycles. The summed E-state index contributed by atoms with van der Waals surface area (Å²) in [5.41, 5.74) is 2.87. The van der Waals surface area contributed by atoms with Crippen molar-refractivity contribution in [3.8, 4) is 0 Å². The molecule has 1 aromatic rings. The van der Waals surface area contributed by atoms with E-state index in [1.807, 2.05) is 6.08 Å². The first kappa shape index (κ1) is 67.4. The van der Waals surface area contributed by atoms with Gasteiger partial charge in [-0.05, 0) is 135 Å². The van der Waals surface area contributed by atoms with Gasteiger partial charge >= 0.3 is 0 Å².